The molecule has 16 heavy (non-hydrogen) atoms. The van der Waals surface area contributed by atoms with E-state index in [2.05, 4.69) is 10.3 Å². The first-order chi connectivity index (χ1) is 7.13. The molecular weight excluding hydrogens is 220 g/mol. The Morgan fingerprint density at radius 3 is 2.25 bits per heavy atom. The molecule has 0 aliphatic rings. The number of nitrogens with zero attached hydrogens (tertiary/aromatic N) is 1. The van der Waals surface area contributed by atoms with Crippen molar-refractivity contribution in [2.75, 3.05) is 0 Å². The first kappa shape index (κ1) is 13.2. The molecule has 0 aliphatic carbocycles. The first-order valence-corrected chi connectivity index (χ1v) is 6.26. The van der Waals surface area contributed by atoms with Crippen molar-refractivity contribution >= 4 is 17.2 Å². The second kappa shape index (κ2) is 4.17. The van der Waals surface area contributed by atoms with E-state index in [1.165, 1.54) is 0 Å². The first-order valence-electron chi connectivity index (χ1n) is 5.38. The zero-order valence-corrected chi connectivity index (χ0v) is 11.7. The highest BCUT2D eigenvalue weighted by Crippen LogP contribution is 2.25. The van der Waals surface area contributed by atoms with Crippen LogP contribution in [0.15, 0.2) is 5.38 Å². The highest BCUT2D eigenvalue weighted by atomic mass is 32.1. The molecule has 0 atom stereocenters. The van der Waals surface area contributed by atoms with Crippen LogP contribution in [-0.4, -0.2) is 10.9 Å². The van der Waals surface area contributed by atoms with Gasteiger partial charge in [0, 0.05) is 16.5 Å². The predicted molar refractivity (Wildman–Crippen MR) is 67.5 cm³/mol. The fourth-order valence-corrected chi connectivity index (χ4v) is 2.04. The summed E-state index contributed by atoms with van der Waals surface area (Å²) in [5.74, 6) is 0.0466. The summed E-state index contributed by atoms with van der Waals surface area (Å²) in [6.45, 7) is 11.6. The van der Waals surface area contributed by atoms with Gasteiger partial charge in [0.1, 0.15) is 5.01 Å². The fourth-order valence-electron chi connectivity index (χ4n) is 1.17. The van der Waals surface area contributed by atoms with Crippen molar-refractivity contribution in [3.05, 3.63) is 16.1 Å². The maximum atomic E-state index is 11.9. The number of aryl methyl sites for hydroxylation is 1. The smallest absolute Gasteiger partial charge is 0.226 e. The Bertz CT molecular complexity index is 388. The number of carbonyl (C=O) groups is 1. The Morgan fingerprint density at radius 1 is 1.31 bits per heavy atom. The Morgan fingerprint density at radius 2 is 1.88 bits per heavy atom. The van der Waals surface area contributed by atoms with Crippen LogP contribution < -0.4 is 5.32 Å². The van der Waals surface area contributed by atoms with Crippen molar-refractivity contribution in [3.63, 3.8) is 0 Å². The highest BCUT2D eigenvalue weighted by Gasteiger charge is 2.31. The van der Waals surface area contributed by atoms with Crippen molar-refractivity contribution < 1.29 is 4.79 Å². The number of carbonyl (C=O) groups excluding carboxylic acids is 1. The van der Waals surface area contributed by atoms with Gasteiger partial charge in [0.25, 0.3) is 0 Å². The molecule has 0 unspecified atom stereocenters. The molecule has 4 heteroatoms. The van der Waals surface area contributed by atoms with Crippen LogP contribution in [0.3, 0.4) is 0 Å². The Balaban J connectivity index is 2.84. The minimum Gasteiger partial charge on any atom is -0.344 e. The van der Waals surface area contributed by atoms with Gasteiger partial charge < -0.3 is 5.32 Å². The fraction of sp³-hybridized carbons (Fsp3) is 0.667. The van der Waals surface area contributed by atoms with Crippen LogP contribution in [0.2, 0.25) is 0 Å². The van der Waals surface area contributed by atoms with Crippen LogP contribution in [0.25, 0.3) is 0 Å². The van der Waals surface area contributed by atoms with Crippen LogP contribution in [0.5, 0.6) is 0 Å². The van der Waals surface area contributed by atoms with Crippen molar-refractivity contribution in [2.45, 2.75) is 47.1 Å². The molecule has 1 aromatic rings. The zero-order chi connectivity index (χ0) is 12.6. The second-order valence-electron chi connectivity index (χ2n) is 5.62. The van der Waals surface area contributed by atoms with Crippen LogP contribution in [-0.2, 0) is 10.3 Å². The lowest BCUT2D eigenvalue weighted by molar-refractivity contribution is -0.130. The molecule has 1 N–H and O–H groups in total. The van der Waals surface area contributed by atoms with Gasteiger partial charge in [-0.3, -0.25) is 4.79 Å². The minimum atomic E-state index is -0.400. The van der Waals surface area contributed by atoms with Crippen LogP contribution in [0.1, 0.15) is 45.3 Å². The normalized spacial score (nSPS) is 12.6. The van der Waals surface area contributed by atoms with Gasteiger partial charge in [0.05, 0.1) is 5.54 Å². The Hall–Kier alpha value is -0.900. The molecule has 0 radical (unpaired) electrons. The largest absolute Gasteiger partial charge is 0.344 e. The summed E-state index contributed by atoms with van der Waals surface area (Å²) >= 11 is 1.58. The van der Waals surface area contributed by atoms with E-state index < -0.39 is 5.54 Å². The molecule has 0 saturated carbocycles. The predicted octanol–water partition coefficient (Wildman–Crippen LogP) is 2.85. The molecule has 0 bridgehead atoms. The average molecular weight is 240 g/mol. The van der Waals surface area contributed by atoms with Crippen LogP contribution in [0.4, 0.5) is 0 Å². The van der Waals surface area contributed by atoms with Crippen molar-refractivity contribution in [2.24, 2.45) is 5.41 Å². The van der Waals surface area contributed by atoms with Crippen molar-refractivity contribution in [1.82, 2.24) is 10.3 Å². The number of amides is 1. The molecule has 90 valence electrons. The molecular formula is C12H20N2OS. The van der Waals surface area contributed by atoms with Crippen molar-refractivity contribution in [1.29, 1.82) is 0 Å². The van der Waals surface area contributed by atoms with Gasteiger partial charge in [-0.25, -0.2) is 4.98 Å². The lowest BCUT2D eigenvalue weighted by Gasteiger charge is -2.28. The maximum absolute atomic E-state index is 11.9. The maximum Gasteiger partial charge on any atom is 0.226 e. The number of hydrogen-bond donors (Lipinski definition) is 1. The van der Waals surface area contributed by atoms with Gasteiger partial charge in [-0.1, -0.05) is 20.8 Å². The Labute approximate surface area is 101 Å². The number of aromatic nitrogens is 1. The SMILES string of the molecule is Cc1csc(C(C)(C)NC(=O)C(C)(C)C)n1. The molecule has 0 fully saturated rings. The van der Waals surface area contributed by atoms with E-state index in [1.807, 2.05) is 46.9 Å². The molecule has 1 rings (SSSR count). The Kier molecular flexibility index (Phi) is 3.43. The second-order valence-corrected chi connectivity index (χ2v) is 6.48. The molecule has 1 amide bonds. The summed E-state index contributed by atoms with van der Waals surface area (Å²) in [4.78, 5) is 16.3. The summed E-state index contributed by atoms with van der Waals surface area (Å²) in [5.41, 5.74) is 0.227. The summed E-state index contributed by atoms with van der Waals surface area (Å²) in [5, 5.41) is 5.98. The van der Waals surface area contributed by atoms with Gasteiger partial charge in [-0.05, 0) is 20.8 Å². The number of rotatable bonds is 2. The third-order valence-electron chi connectivity index (χ3n) is 2.26. The quantitative estimate of drug-likeness (QED) is 0.863. The van der Waals surface area contributed by atoms with E-state index >= 15 is 0 Å². The van der Waals surface area contributed by atoms with Crippen LogP contribution in [0, 0.1) is 12.3 Å². The van der Waals surface area contributed by atoms with E-state index in [0.717, 1.165) is 10.7 Å². The van der Waals surface area contributed by atoms with Gasteiger partial charge >= 0.3 is 0 Å². The van der Waals surface area contributed by atoms with E-state index in [4.69, 9.17) is 0 Å². The van der Waals surface area contributed by atoms with E-state index in [-0.39, 0.29) is 11.3 Å². The summed E-state index contributed by atoms with van der Waals surface area (Å²) in [7, 11) is 0. The summed E-state index contributed by atoms with van der Waals surface area (Å²) in [6, 6.07) is 0. The van der Waals surface area contributed by atoms with E-state index in [9.17, 15) is 4.79 Å². The van der Waals surface area contributed by atoms with Gasteiger partial charge in [-0.2, -0.15) is 0 Å². The molecule has 1 heterocycles. The van der Waals surface area contributed by atoms with Crippen LogP contribution >= 0.6 is 11.3 Å². The zero-order valence-electron chi connectivity index (χ0n) is 10.8. The van der Waals surface area contributed by atoms with E-state index in [1.54, 1.807) is 11.3 Å². The third kappa shape index (κ3) is 3.04. The third-order valence-corrected chi connectivity index (χ3v) is 3.54. The topological polar surface area (TPSA) is 42.0 Å². The molecule has 0 aliphatic heterocycles. The van der Waals surface area contributed by atoms with Gasteiger partial charge in [-0.15, -0.1) is 11.3 Å². The number of hydrogen-bond acceptors (Lipinski definition) is 3. The van der Waals surface area contributed by atoms with Gasteiger partial charge in [0.2, 0.25) is 5.91 Å². The molecule has 0 aromatic carbocycles. The lowest BCUT2D eigenvalue weighted by atomic mass is 9.93. The monoisotopic (exact) mass is 240 g/mol. The standard InChI is InChI=1S/C12H20N2OS/c1-8-7-16-10(13-8)12(5,6)14-9(15)11(2,3)4/h7H,1-6H3,(H,14,15). The summed E-state index contributed by atoms with van der Waals surface area (Å²) < 4.78 is 0. The minimum absolute atomic E-state index is 0.0466. The average Bonchev–Trinajstić information content (AvgIpc) is 2.49. The molecule has 0 saturated heterocycles. The van der Waals surface area contributed by atoms with E-state index in [0.29, 0.717) is 0 Å². The number of thiazole rings is 1. The van der Waals surface area contributed by atoms with Gasteiger partial charge in [0.15, 0.2) is 0 Å². The highest BCUT2D eigenvalue weighted by molar-refractivity contribution is 7.09. The van der Waals surface area contributed by atoms with Crippen molar-refractivity contribution in [3.8, 4) is 0 Å². The lowest BCUT2D eigenvalue weighted by Crippen LogP contribution is -2.46. The number of nitrogens with one attached hydrogen (secondary N) is 1. The summed E-state index contributed by atoms with van der Waals surface area (Å²) in [6.07, 6.45) is 0. The molecule has 3 nitrogen and oxygen atoms in total. The molecule has 0 spiro atoms. The molecule has 1 aromatic heterocycles.